The van der Waals surface area contributed by atoms with Gasteiger partial charge in [-0.25, -0.2) is 0 Å². The number of amides is 1. The van der Waals surface area contributed by atoms with Crippen molar-refractivity contribution in [2.24, 2.45) is 4.99 Å². The van der Waals surface area contributed by atoms with Crippen molar-refractivity contribution >= 4 is 17.4 Å². The van der Waals surface area contributed by atoms with Crippen molar-refractivity contribution in [2.45, 2.75) is 19.4 Å². The van der Waals surface area contributed by atoms with Gasteiger partial charge >= 0.3 is 0 Å². The molecule has 0 radical (unpaired) electrons. The van der Waals surface area contributed by atoms with Crippen molar-refractivity contribution in [3.63, 3.8) is 0 Å². The van der Waals surface area contributed by atoms with E-state index in [1.54, 1.807) is 26.0 Å². The number of non-ortho nitro benzene ring substituents is 1. The Hall–Kier alpha value is -2.24. The van der Waals surface area contributed by atoms with Crippen LogP contribution in [0.25, 0.3) is 0 Å². The maximum absolute atomic E-state index is 11.5. The van der Waals surface area contributed by atoms with Gasteiger partial charge in [0.25, 0.3) is 11.6 Å². The molecule has 6 heteroatoms. The highest BCUT2D eigenvalue weighted by molar-refractivity contribution is 6.15. The first-order chi connectivity index (χ1) is 7.90. The fourth-order valence-corrected chi connectivity index (χ4v) is 1.50. The summed E-state index contributed by atoms with van der Waals surface area (Å²) in [5, 5.41) is 13.1. The fourth-order valence-electron chi connectivity index (χ4n) is 1.50. The lowest BCUT2D eigenvalue weighted by molar-refractivity contribution is -0.384. The van der Waals surface area contributed by atoms with E-state index in [0.717, 1.165) is 0 Å². The maximum atomic E-state index is 11.5. The van der Waals surface area contributed by atoms with Gasteiger partial charge in [0.05, 0.1) is 4.92 Å². The molecule has 1 aliphatic heterocycles. The number of nitrogens with one attached hydrogen (secondary N) is 1. The van der Waals surface area contributed by atoms with E-state index in [4.69, 9.17) is 0 Å². The highest BCUT2D eigenvalue weighted by atomic mass is 16.6. The lowest BCUT2D eigenvalue weighted by Gasteiger charge is -2.07. The van der Waals surface area contributed by atoms with E-state index >= 15 is 0 Å². The van der Waals surface area contributed by atoms with Crippen LogP contribution in [0.15, 0.2) is 29.3 Å². The molecule has 2 rings (SSSR count). The number of carbonyl (C=O) groups is 1. The first-order valence-electron chi connectivity index (χ1n) is 5.06. The largest absolute Gasteiger partial charge is 0.308 e. The van der Waals surface area contributed by atoms with Crippen LogP contribution in [0.1, 0.15) is 19.4 Å². The quantitative estimate of drug-likeness (QED) is 0.616. The molecule has 0 bridgehead atoms. The van der Waals surface area contributed by atoms with Crippen molar-refractivity contribution in [3.8, 4) is 0 Å². The number of nitro benzene ring substituents is 1. The third kappa shape index (κ3) is 2.01. The predicted molar refractivity (Wildman–Crippen MR) is 61.9 cm³/mol. The highest BCUT2D eigenvalue weighted by Gasteiger charge is 2.34. The summed E-state index contributed by atoms with van der Waals surface area (Å²) in [5.41, 5.74) is -0.107. The summed E-state index contributed by atoms with van der Waals surface area (Å²) in [4.78, 5) is 25.8. The summed E-state index contributed by atoms with van der Waals surface area (Å²) in [5.74, 6) is 0.278. The molecule has 6 nitrogen and oxygen atoms in total. The first kappa shape index (κ1) is 11.3. The first-order valence-corrected chi connectivity index (χ1v) is 5.06. The van der Waals surface area contributed by atoms with Crippen LogP contribution in [-0.4, -0.2) is 22.2 Å². The fraction of sp³-hybridized carbons (Fsp3) is 0.273. The number of benzene rings is 1. The molecule has 0 spiro atoms. The molecule has 1 N–H and O–H groups in total. The number of amidine groups is 1. The highest BCUT2D eigenvalue weighted by Crippen LogP contribution is 2.19. The van der Waals surface area contributed by atoms with Gasteiger partial charge in [-0.1, -0.05) is 0 Å². The molecular weight excluding hydrogens is 222 g/mol. The van der Waals surface area contributed by atoms with Gasteiger partial charge in [-0.05, 0) is 26.0 Å². The van der Waals surface area contributed by atoms with Gasteiger partial charge in [0, 0.05) is 17.7 Å². The molecule has 1 aliphatic rings. The molecule has 1 aromatic carbocycles. The van der Waals surface area contributed by atoms with Gasteiger partial charge in [0.1, 0.15) is 11.4 Å². The van der Waals surface area contributed by atoms with Crippen LogP contribution in [0.2, 0.25) is 0 Å². The molecule has 0 unspecified atom stereocenters. The topological polar surface area (TPSA) is 84.6 Å². The van der Waals surface area contributed by atoms with Crippen molar-refractivity contribution in [2.75, 3.05) is 0 Å². The smallest absolute Gasteiger partial charge is 0.269 e. The molecule has 0 aliphatic carbocycles. The molecule has 88 valence electrons. The van der Waals surface area contributed by atoms with Gasteiger partial charge in [-0.2, -0.15) is 0 Å². The average molecular weight is 233 g/mol. The molecule has 0 saturated heterocycles. The van der Waals surface area contributed by atoms with Gasteiger partial charge in [0.2, 0.25) is 0 Å². The average Bonchev–Trinajstić information content (AvgIpc) is 2.54. The Labute approximate surface area is 97.5 Å². The number of hydrogen-bond acceptors (Lipinski definition) is 4. The number of nitro groups is 1. The van der Waals surface area contributed by atoms with Crippen LogP contribution in [0, 0.1) is 10.1 Å². The van der Waals surface area contributed by atoms with Gasteiger partial charge in [-0.3, -0.25) is 19.9 Å². The number of aliphatic imine (C=N–C) groups is 1. The molecule has 0 aromatic heterocycles. The third-order valence-corrected chi connectivity index (χ3v) is 2.53. The minimum absolute atomic E-state index is 0.0120. The second-order valence-electron chi connectivity index (χ2n) is 4.28. The Morgan fingerprint density at radius 1 is 1.29 bits per heavy atom. The zero-order valence-corrected chi connectivity index (χ0v) is 9.43. The van der Waals surface area contributed by atoms with Gasteiger partial charge < -0.3 is 5.32 Å². The van der Waals surface area contributed by atoms with E-state index < -0.39 is 10.5 Å². The van der Waals surface area contributed by atoms with Crippen LogP contribution in [-0.2, 0) is 4.79 Å². The Balaban J connectivity index is 2.31. The zero-order chi connectivity index (χ0) is 12.6. The number of rotatable bonds is 2. The lowest BCUT2D eigenvalue weighted by atomic mass is 10.1. The summed E-state index contributed by atoms with van der Waals surface area (Å²) in [6, 6.07) is 5.90. The maximum Gasteiger partial charge on any atom is 0.269 e. The van der Waals surface area contributed by atoms with Crippen LogP contribution in [0.4, 0.5) is 5.69 Å². The predicted octanol–water partition coefficient (Wildman–Crippen LogP) is 1.25. The zero-order valence-electron chi connectivity index (χ0n) is 9.43. The second kappa shape index (κ2) is 3.65. The molecule has 0 fully saturated rings. The van der Waals surface area contributed by atoms with E-state index in [0.29, 0.717) is 11.4 Å². The van der Waals surface area contributed by atoms with Crippen molar-refractivity contribution in [1.29, 1.82) is 0 Å². The minimum Gasteiger partial charge on any atom is -0.308 e. The third-order valence-electron chi connectivity index (χ3n) is 2.53. The monoisotopic (exact) mass is 233 g/mol. The molecule has 17 heavy (non-hydrogen) atoms. The Morgan fingerprint density at radius 3 is 2.29 bits per heavy atom. The van der Waals surface area contributed by atoms with E-state index in [9.17, 15) is 14.9 Å². The van der Waals surface area contributed by atoms with E-state index in [1.807, 2.05) is 0 Å². The van der Waals surface area contributed by atoms with Crippen LogP contribution >= 0.6 is 0 Å². The Bertz CT molecular complexity index is 517. The summed E-state index contributed by atoms with van der Waals surface area (Å²) < 4.78 is 0. The summed E-state index contributed by atoms with van der Waals surface area (Å²) in [7, 11) is 0. The number of nitrogens with zero attached hydrogens (tertiary/aromatic N) is 2. The van der Waals surface area contributed by atoms with Crippen LogP contribution in [0.3, 0.4) is 0 Å². The van der Waals surface area contributed by atoms with Crippen molar-refractivity contribution in [1.82, 2.24) is 5.32 Å². The lowest BCUT2D eigenvalue weighted by Crippen LogP contribution is -2.34. The number of carbonyl (C=O) groups excluding carboxylic acids is 1. The summed E-state index contributed by atoms with van der Waals surface area (Å²) in [6.45, 7) is 3.42. The van der Waals surface area contributed by atoms with Crippen LogP contribution < -0.4 is 5.32 Å². The molecule has 1 amide bonds. The standard InChI is InChI=1S/C11H11N3O3/c1-11(2)10(15)12-9(13-11)7-3-5-8(6-4-7)14(16)17/h3-6H,1-2H3,(H,12,13,15). The van der Waals surface area contributed by atoms with Gasteiger partial charge in [0.15, 0.2) is 0 Å². The minimum atomic E-state index is -0.781. The molecular formula is C11H11N3O3. The van der Waals surface area contributed by atoms with Crippen LogP contribution in [0.5, 0.6) is 0 Å². The normalized spacial score (nSPS) is 17.5. The van der Waals surface area contributed by atoms with E-state index in [2.05, 4.69) is 10.3 Å². The van der Waals surface area contributed by atoms with E-state index in [1.165, 1.54) is 12.1 Å². The molecule has 1 heterocycles. The Kier molecular flexibility index (Phi) is 2.42. The summed E-state index contributed by atoms with van der Waals surface area (Å²) >= 11 is 0. The summed E-state index contributed by atoms with van der Waals surface area (Å²) in [6.07, 6.45) is 0. The van der Waals surface area contributed by atoms with Crippen molar-refractivity contribution in [3.05, 3.63) is 39.9 Å². The van der Waals surface area contributed by atoms with Gasteiger partial charge in [-0.15, -0.1) is 0 Å². The van der Waals surface area contributed by atoms with Crippen molar-refractivity contribution < 1.29 is 9.72 Å². The molecule has 1 aromatic rings. The SMILES string of the molecule is CC1(C)N=C(c2ccc([N+](=O)[O-])cc2)NC1=O. The van der Waals surface area contributed by atoms with E-state index in [-0.39, 0.29) is 11.6 Å². The number of hydrogen-bond donors (Lipinski definition) is 1. The Morgan fingerprint density at radius 2 is 1.88 bits per heavy atom. The molecule has 0 saturated carbocycles. The second-order valence-corrected chi connectivity index (χ2v) is 4.28. The molecule has 0 atom stereocenters.